The van der Waals surface area contributed by atoms with Crippen LogP contribution in [0, 0.1) is 10.1 Å². The van der Waals surface area contributed by atoms with Crippen molar-refractivity contribution in [3.05, 3.63) is 81.4 Å². The number of hydrogen-bond donors (Lipinski definition) is 1. The van der Waals surface area contributed by atoms with E-state index in [0.29, 0.717) is 0 Å². The Hall–Kier alpha value is -3.06. The summed E-state index contributed by atoms with van der Waals surface area (Å²) in [7, 11) is 0. The molecule has 2 aromatic carbocycles. The van der Waals surface area contributed by atoms with Crippen LogP contribution in [0.5, 0.6) is 0 Å². The quantitative estimate of drug-likeness (QED) is 0.488. The van der Waals surface area contributed by atoms with E-state index in [1.807, 2.05) is 6.07 Å². The number of carbonyl (C=O) groups is 2. The Balaban J connectivity index is 1.96. The van der Waals surface area contributed by atoms with Crippen LogP contribution in [-0.2, 0) is 6.42 Å². The maximum absolute atomic E-state index is 12.7. The summed E-state index contributed by atoms with van der Waals surface area (Å²) in [6, 6.07) is 14.3. The maximum atomic E-state index is 12.7. The van der Waals surface area contributed by atoms with Gasteiger partial charge in [-0.3, -0.25) is 24.6 Å². The van der Waals surface area contributed by atoms with Crippen LogP contribution >= 0.6 is 0 Å². The van der Waals surface area contributed by atoms with Gasteiger partial charge in [0.05, 0.1) is 17.2 Å². The van der Waals surface area contributed by atoms with Crippen LogP contribution < -0.4 is 0 Å². The van der Waals surface area contributed by atoms with Gasteiger partial charge in [0.25, 0.3) is 11.8 Å². The molecule has 0 radical (unpaired) electrons. The third-order valence-corrected chi connectivity index (χ3v) is 4.23. The molecule has 0 aromatic heterocycles. The number of amides is 2. The SMILES string of the molecule is O=C1c2ccccc2C(=O)N1C(Cc1ccccc1)C(O)C[N+](=O)[O-]. The molecule has 128 valence electrons. The van der Waals surface area contributed by atoms with Crippen molar-refractivity contribution >= 4 is 11.8 Å². The van der Waals surface area contributed by atoms with Gasteiger partial charge in [-0.1, -0.05) is 42.5 Å². The first-order valence-electron chi connectivity index (χ1n) is 7.79. The number of aliphatic hydroxyl groups excluding tert-OH is 1. The summed E-state index contributed by atoms with van der Waals surface area (Å²) in [5, 5.41) is 21.1. The van der Waals surface area contributed by atoms with Crippen molar-refractivity contribution in [3.8, 4) is 0 Å². The summed E-state index contributed by atoms with van der Waals surface area (Å²) >= 11 is 0. The number of nitro groups is 1. The second kappa shape index (κ2) is 6.82. The van der Waals surface area contributed by atoms with Crippen LogP contribution in [0.2, 0.25) is 0 Å². The van der Waals surface area contributed by atoms with E-state index in [2.05, 4.69) is 0 Å². The van der Waals surface area contributed by atoms with E-state index in [4.69, 9.17) is 0 Å². The predicted molar refractivity (Wildman–Crippen MR) is 88.7 cm³/mol. The van der Waals surface area contributed by atoms with Crippen molar-refractivity contribution in [3.63, 3.8) is 0 Å². The lowest BCUT2D eigenvalue weighted by atomic mass is 9.99. The molecule has 0 aliphatic carbocycles. The summed E-state index contributed by atoms with van der Waals surface area (Å²) < 4.78 is 0. The molecule has 7 nitrogen and oxygen atoms in total. The second-order valence-electron chi connectivity index (χ2n) is 5.87. The monoisotopic (exact) mass is 340 g/mol. The highest BCUT2D eigenvalue weighted by Crippen LogP contribution is 2.27. The molecule has 2 atom stereocenters. The zero-order valence-electron chi connectivity index (χ0n) is 13.2. The molecule has 1 heterocycles. The van der Waals surface area contributed by atoms with Gasteiger partial charge in [-0.25, -0.2) is 0 Å². The Morgan fingerprint density at radius 3 is 2.00 bits per heavy atom. The van der Waals surface area contributed by atoms with Gasteiger partial charge >= 0.3 is 0 Å². The molecule has 2 aromatic rings. The average molecular weight is 340 g/mol. The fourth-order valence-corrected chi connectivity index (χ4v) is 3.04. The largest absolute Gasteiger partial charge is 0.384 e. The zero-order chi connectivity index (χ0) is 18.0. The van der Waals surface area contributed by atoms with E-state index in [0.717, 1.165) is 10.5 Å². The lowest BCUT2D eigenvalue weighted by molar-refractivity contribution is -0.491. The van der Waals surface area contributed by atoms with Crippen LogP contribution in [0.3, 0.4) is 0 Å². The maximum Gasteiger partial charge on any atom is 0.261 e. The topological polar surface area (TPSA) is 101 Å². The molecule has 25 heavy (non-hydrogen) atoms. The molecule has 2 unspecified atom stereocenters. The molecule has 0 bridgehead atoms. The highest BCUT2D eigenvalue weighted by atomic mass is 16.6. The molecule has 1 aliphatic heterocycles. The Labute approximate surface area is 143 Å². The van der Waals surface area contributed by atoms with Gasteiger partial charge in [0.1, 0.15) is 6.10 Å². The highest BCUT2D eigenvalue weighted by molar-refractivity contribution is 6.21. The minimum atomic E-state index is -1.46. The van der Waals surface area contributed by atoms with Crippen molar-refractivity contribution in [2.45, 2.75) is 18.6 Å². The number of fused-ring (bicyclic) bond motifs is 1. The van der Waals surface area contributed by atoms with E-state index in [1.54, 1.807) is 36.4 Å². The summed E-state index contributed by atoms with van der Waals surface area (Å²) in [5.74, 6) is -1.08. The number of aliphatic hydroxyl groups is 1. The number of hydrogen-bond acceptors (Lipinski definition) is 5. The van der Waals surface area contributed by atoms with E-state index >= 15 is 0 Å². The third kappa shape index (κ3) is 3.27. The molecule has 0 fully saturated rings. The number of carbonyl (C=O) groups excluding carboxylic acids is 2. The van der Waals surface area contributed by atoms with Crippen molar-refractivity contribution in [1.29, 1.82) is 0 Å². The Morgan fingerprint density at radius 2 is 1.48 bits per heavy atom. The molecule has 2 amide bonds. The van der Waals surface area contributed by atoms with Crippen molar-refractivity contribution in [1.82, 2.24) is 4.90 Å². The summed E-state index contributed by atoms with van der Waals surface area (Å²) in [4.78, 5) is 36.4. The highest BCUT2D eigenvalue weighted by Gasteiger charge is 2.43. The lowest BCUT2D eigenvalue weighted by Crippen LogP contribution is -2.50. The van der Waals surface area contributed by atoms with E-state index in [9.17, 15) is 24.8 Å². The number of benzene rings is 2. The molecular formula is C18H16N2O5. The van der Waals surface area contributed by atoms with Gasteiger partial charge < -0.3 is 5.11 Å². The first-order chi connectivity index (χ1) is 12.0. The minimum absolute atomic E-state index is 0.140. The molecule has 7 heteroatoms. The molecule has 0 spiro atoms. The van der Waals surface area contributed by atoms with Crippen LogP contribution in [-0.4, -0.2) is 45.4 Å². The van der Waals surface area contributed by atoms with E-state index in [1.165, 1.54) is 12.1 Å². The van der Waals surface area contributed by atoms with Crippen LogP contribution in [0.4, 0.5) is 0 Å². The number of imide groups is 1. The van der Waals surface area contributed by atoms with Crippen LogP contribution in [0.1, 0.15) is 26.3 Å². The predicted octanol–water partition coefficient (Wildman–Crippen LogP) is 1.53. The fourth-order valence-electron chi connectivity index (χ4n) is 3.04. The van der Waals surface area contributed by atoms with Gasteiger partial charge in [0, 0.05) is 4.92 Å². The molecule has 1 aliphatic rings. The van der Waals surface area contributed by atoms with E-state index < -0.39 is 35.4 Å². The second-order valence-corrected chi connectivity index (χ2v) is 5.87. The summed E-state index contributed by atoms with van der Waals surface area (Å²) in [5.41, 5.74) is 1.27. The van der Waals surface area contributed by atoms with Crippen molar-refractivity contribution < 1.29 is 19.6 Å². The fraction of sp³-hybridized carbons (Fsp3) is 0.222. The van der Waals surface area contributed by atoms with Gasteiger partial charge in [0.15, 0.2) is 0 Å². The first kappa shape index (κ1) is 16.8. The first-order valence-corrected chi connectivity index (χ1v) is 7.79. The normalized spacial score (nSPS) is 15.8. The van der Waals surface area contributed by atoms with Crippen LogP contribution in [0.15, 0.2) is 54.6 Å². The lowest BCUT2D eigenvalue weighted by Gasteiger charge is -2.28. The van der Waals surface area contributed by atoms with Crippen molar-refractivity contribution in [2.75, 3.05) is 6.54 Å². The Morgan fingerprint density at radius 1 is 0.960 bits per heavy atom. The molecule has 0 saturated carbocycles. The zero-order valence-corrected chi connectivity index (χ0v) is 13.2. The minimum Gasteiger partial charge on any atom is -0.384 e. The summed E-state index contributed by atoms with van der Waals surface area (Å²) in [6.07, 6.45) is -1.32. The van der Waals surface area contributed by atoms with Gasteiger partial charge in [-0.15, -0.1) is 0 Å². The molecule has 1 N–H and O–H groups in total. The van der Waals surface area contributed by atoms with E-state index in [-0.39, 0.29) is 17.5 Å². The number of rotatable bonds is 6. The van der Waals surface area contributed by atoms with Crippen molar-refractivity contribution in [2.24, 2.45) is 0 Å². The smallest absolute Gasteiger partial charge is 0.261 e. The molecule has 0 saturated heterocycles. The average Bonchev–Trinajstić information content (AvgIpc) is 2.85. The van der Waals surface area contributed by atoms with Gasteiger partial charge in [-0.2, -0.15) is 0 Å². The Kier molecular flexibility index (Phi) is 4.58. The summed E-state index contributed by atoms with van der Waals surface area (Å²) in [6.45, 7) is -0.745. The van der Waals surface area contributed by atoms with Gasteiger partial charge in [0.2, 0.25) is 6.54 Å². The standard InChI is InChI=1S/C18H16N2O5/c21-16(11-19(24)25)15(10-12-6-2-1-3-7-12)20-17(22)13-8-4-5-9-14(13)18(20)23/h1-9,15-16,21H,10-11H2. The van der Waals surface area contributed by atoms with Crippen LogP contribution in [0.25, 0.3) is 0 Å². The Bertz CT molecular complexity index is 786. The third-order valence-electron chi connectivity index (χ3n) is 4.23. The number of nitrogens with zero attached hydrogens (tertiary/aromatic N) is 2. The van der Waals surface area contributed by atoms with Gasteiger partial charge in [-0.05, 0) is 24.1 Å². The molecular weight excluding hydrogens is 324 g/mol. The molecule has 3 rings (SSSR count).